The van der Waals surface area contributed by atoms with Crippen molar-refractivity contribution < 1.29 is 22.7 Å². The third-order valence-electron chi connectivity index (χ3n) is 5.98. The van der Waals surface area contributed by atoms with E-state index in [1.54, 1.807) is 54.8 Å². The van der Waals surface area contributed by atoms with Gasteiger partial charge in [-0.15, -0.1) is 0 Å². The van der Waals surface area contributed by atoms with Gasteiger partial charge in [0.15, 0.2) is 0 Å². The maximum Gasteiger partial charge on any atom is 0.321 e. The molecule has 2 fully saturated rings. The molecule has 0 saturated carbocycles. The van der Waals surface area contributed by atoms with E-state index in [1.165, 1.54) is 0 Å². The molecule has 1 aromatic carbocycles. The van der Waals surface area contributed by atoms with Crippen molar-refractivity contribution in [2.24, 2.45) is 0 Å². The van der Waals surface area contributed by atoms with Crippen LogP contribution < -0.4 is 10.0 Å². The second kappa shape index (κ2) is 9.99. The first-order valence-corrected chi connectivity index (χ1v) is 13.0. The van der Waals surface area contributed by atoms with Gasteiger partial charge in [-0.05, 0) is 65.7 Å². The summed E-state index contributed by atoms with van der Waals surface area (Å²) in [4.78, 5) is 29.1. The minimum Gasteiger partial charge on any atom is -0.372 e. The molecule has 0 bridgehead atoms. The maximum absolute atomic E-state index is 12.9. The van der Waals surface area contributed by atoms with Crippen molar-refractivity contribution in [2.75, 3.05) is 31.5 Å². The van der Waals surface area contributed by atoms with Crippen LogP contribution in [0.1, 0.15) is 57.8 Å². The summed E-state index contributed by atoms with van der Waals surface area (Å²) in [6.45, 7) is 10.9. The third kappa shape index (κ3) is 6.45. The van der Waals surface area contributed by atoms with Crippen molar-refractivity contribution in [3.05, 3.63) is 29.8 Å². The number of urea groups is 1. The number of piperidine rings is 1. The van der Waals surface area contributed by atoms with Gasteiger partial charge in [0, 0.05) is 43.5 Å². The highest BCUT2D eigenvalue weighted by molar-refractivity contribution is 7.90. The molecule has 2 saturated heterocycles. The van der Waals surface area contributed by atoms with Crippen LogP contribution in [-0.4, -0.2) is 79.3 Å². The summed E-state index contributed by atoms with van der Waals surface area (Å²) in [7, 11) is -3.43. The Morgan fingerprint density at radius 2 is 1.64 bits per heavy atom. The minimum absolute atomic E-state index is 0.0172. The number of hydrogen-bond acceptors (Lipinski definition) is 5. The van der Waals surface area contributed by atoms with Crippen molar-refractivity contribution in [2.45, 2.75) is 70.5 Å². The number of amides is 3. The zero-order valence-corrected chi connectivity index (χ0v) is 20.9. The average Bonchev–Trinajstić information content (AvgIpc) is 2.72. The molecular weight excluding hydrogens is 444 g/mol. The van der Waals surface area contributed by atoms with Crippen LogP contribution in [0.15, 0.2) is 24.3 Å². The fourth-order valence-corrected chi connectivity index (χ4v) is 5.08. The molecule has 10 heteroatoms. The highest BCUT2D eigenvalue weighted by Gasteiger charge is 2.33. The molecule has 2 heterocycles. The fraction of sp³-hybridized carbons (Fsp3) is 0.652. The van der Waals surface area contributed by atoms with Gasteiger partial charge >= 0.3 is 6.03 Å². The normalized spacial score (nSPS) is 22.8. The van der Waals surface area contributed by atoms with Gasteiger partial charge in [-0.25, -0.2) is 17.9 Å². The maximum atomic E-state index is 12.9. The van der Waals surface area contributed by atoms with E-state index in [-0.39, 0.29) is 30.2 Å². The first-order chi connectivity index (χ1) is 15.4. The molecule has 184 valence electrons. The molecule has 33 heavy (non-hydrogen) atoms. The van der Waals surface area contributed by atoms with E-state index in [2.05, 4.69) is 10.0 Å². The summed E-state index contributed by atoms with van der Waals surface area (Å²) < 4.78 is 32.3. The number of carbonyl (C=O) groups is 2. The highest BCUT2D eigenvalue weighted by Crippen LogP contribution is 2.20. The van der Waals surface area contributed by atoms with Crippen molar-refractivity contribution in [1.29, 1.82) is 0 Å². The highest BCUT2D eigenvalue weighted by atomic mass is 32.2. The molecule has 2 aliphatic heterocycles. The lowest BCUT2D eigenvalue weighted by atomic mass is 10.1. The van der Waals surface area contributed by atoms with Crippen molar-refractivity contribution in [3.63, 3.8) is 0 Å². The second-order valence-corrected chi connectivity index (χ2v) is 12.4. The Kier molecular flexibility index (Phi) is 7.70. The Balaban J connectivity index is 1.56. The Hall–Kier alpha value is -2.17. The minimum atomic E-state index is -3.43. The van der Waals surface area contributed by atoms with Crippen LogP contribution in [0.4, 0.5) is 10.5 Å². The smallest absolute Gasteiger partial charge is 0.321 e. The molecule has 3 amide bonds. The number of hydrogen-bond donors (Lipinski definition) is 2. The fourth-order valence-electron chi connectivity index (χ4n) is 4.06. The van der Waals surface area contributed by atoms with E-state index < -0.39 is 14.8 Å². The number of likely N-dealkylation sites (tertiary alicyclic amines) is 1. The summed E-state index contributed by atoms with van der Waals surface area (Å²) in [5.74, 6) is -0.0833. The second-order valence-electron chi connectivity index (χ2n) is 9.97. The Morgan fingerprint density at radius 1 is 1.03 bits per heavy atom. The van der Waals surface area contributed by atoms with Crippen LogP contribution in [0.3, 0.4) is 0 Å². The molecule has 0 aliphatic carbocycles. The molecule has 0 aromatic heterocycles. The van der Waals surface area contributed by atoms with Crippen molar-refractivity contribution in [3.8, 4) is 0 Å². The lowest BCUT2D eigenvalue weighted by Crippen LogP contribution is -2.50. The molecule has 2 unspecified atom stereocenters. The molecule has 2 aliphatic rings. The average molecular weight is 481 g/mol. The summed E-state index contributed by atoms with van der Waals surface area (Å²) >= 11 is 0. The van der Waals surface area contributed by atoms with Crippen LogP contribution in [-0.2, 0) is 14.8 Å². The number of nitrogens with zero attached hydrogens (tertiary/aromatic N) is 2. The topological polar surface area (TPSA) is 108 Å². The lowest BCUT2D eigenvalue weighted by Gasteiger charge is -2.35. The molecule has 0 spiro atoms. The molecule has 0 radical (unpaired) electrons. The number of nitrogens with one attached hydrogen (secondary N) is 2. The predicted molar refractivity (Wildman–Crippen MR) is 128 cm³/mol. The zero-order valence-electron chi connectivity index (χ0n) is 20.1. The number of rotatable bonds is 4. The first kappa shape index (κ1) is 25.5. The van der Waals surface area contributed by atoms with E-state index in [1.807, 2.05) is 13.8 Å². The van der Waals surface area contributed by atoms with Gasteiger partial charge in [0.25, 0.3) is 5.91 Å². The van der Waals surface area contributed by atoms with Gasteiger partial charge in [-0.2, -0.15) is 0 Å². The number of morpholine rings is 1. The summed E-state index contributed by atoms with van der Waals surface area (Å²) in [6, 6.07) is 6.50. The summed E-state index contributed by atoms with van der Waals surface area (Å²) in [5, 5.41) is 2.87. The largest absolute Gasteiger partial charge is 0.372 e. The molecule has 3 rings (SSSR count). The molecular formula is C23H36N4O5S. The van der Waals surface area contributed by atoms with Crippen LogP contribution in [0.2, 0.25) is 0 Å². The van der Waals surface area contributed by atoms with Gasteiger partial charge in [-0.3, -0.25) is 4.79 Å². The summed E-state index contributed by atoms with van der Waals surface area (Å²) in [6.07, 6.45) is 1.07. The van der Waals surface area contributed by atoms with Crippen molar-refractivity contribution >= 4 is 27.6 Å². The van der Waals surface area contributed by atoms with E-state index in [0.29, 0.717) is 50.3 Å². The van der Waals surface area contributed by atoms with Crippen LogP contribution in [0.25, 0.3) is 0 Å². The number of ether oxygens (including phenoxy) is 1. The van der Waals surface area contributed by atoms with Crippen molar-refractivity contribution in [1.82, 2.24) is 14.5 Å². The van der Waals surface area contributed by atoms with E-state index in [0.717, 1.165) is 0 Å². The third-order valence-corrected chi connectivity index (χ3v) is 8.23. The van der Waals surface area contributed by atoms with Gasteiger partial charge in [0.05, 0.1) is 17.0 Å². The van der Waals surface area contributed by atoms with E-state index in [4.69, 9.17) is 4.74 Å². The Bertz CT molecular complexity index is 957. The zero-order chi connectivity index (χ0) is 24.4. The predicted octanol–water partition coefficient (Wildman–Crippen LogP) is 2.65. The molecule has 1 aromatic rings. The number of anilines is 1. The summed E-state index contributed by atoms with van der Waals surface area (Å²) in [5.41, 5.74) is 1.07. The van der Waals surface area contributed by atoms with E-state index >= 15 is 0 Å². The van der Waals surface area contributed by atoms with Gasteiger partial charge < -0.3 is 19.9 Å². The lowest BCUT2D eigenvalue weighted by molar-refractivity contribution is -0.0586. The monoisotopic (exact) mass is 480 g/mol. The van der Waals surface area contributed by atoms with Crippen LogP contribution in [0.5, 0.6) is 0 Å². The standard InChI is InChI=1S/C23H36N4O5S/c1-16-14-27(15-17(2)32-16)21(28)18-7-6-8-20(13-18)24-22(29)26-11-9-19(10-12-26)25-33(30,31)23(3,4)5/h6-8,13,16-17,19,25H,9-12,14-15H2,1-5H3,(H,24,29). The van der Waals surface area contributed by atoms with Crippen LogP contribution in [0, 0.1) is 0 Å². The van der Waals surface area contributed by atoms with Gasteiger partial charge in [-0.1, -0.05) is 6.07 Å². The molecule has 2 N–H and O–H groups in total. The Labute approximate surface area is 196 Å². The number of carbonyl (C=O) groups excluding carboxylic acids is 2. The quantitative estimate of drug-likeness (QED) is 0.689. The van der Waals surface area contributed by atoms with E-state index in [9.17, 15) is 18.0 Å². The van der Waals surface area contributed by atoms with Gasteiger partial charge in [0.2, 0.25) is 10.0 Å². The number of benzene rings is 1. The molecule has 2 atom stereocenters. The van der Waals surface area contributed by atoms with Gasteiger partial charge in [0.1, 0.15) is 0 Å². The number of sulfonamides is 1. The molecule has 9 nitrogen and oxygen atoms in total. The van der Waals surface area contributed by atoms with Crippen LogP contribution >= 0.6 is 0 Å². The first-order valence-electron chi connectivity index (χ1n) is 11.5. The SMILES string of the molecule is CC1CN(C(=O)c2cccc(NC(=O)N3CCC(NS(=O)(=O)C(C)(C)C)CC3)c2)CC(C)O1. The Morgan fingerprint density at radius 3 is 2.21 bits per heavy atom.